The minimum Gasteiger partial charge on any atom is -0.481 e. The second kappa shape index (κ2) is 7.63. The van der Waals surface area contributed by atoms with Crippen molar-refractivity contribution in [3.8, 4) is 5.75 Å². The molecule has 0 aromatic heterocycles. The first-order valence-corrected chi connectivity index (χ1v) is 11.0. The van der Waals surface area contributed by atoms with E-state index in [-0.39, 0.29) is 11.8 Å². The number of piperazine rings is 1. The molecule has 2 N–H and O–H groups in total. The fraction of sp³-hybridized carbons (Fsp3) is 0.652. The Labute approximate surface area is 173 Å². The fourth-order valence-corrected chi connectivity index (χ4v) is 5.23. The van der Waals surface area contributed by atoms with Gasteiger partial charge in [-0.15, -0.1) is 0 Å². The van der Waals surface area contributed by atoms with Gasteiger partial charge in [0.05, 0.1) is 5.54 Å². The molecule has 1 aromatic rings. The summed E-state index contributed by atoms with van der Waals surface area (Å²) >= 11 is 0. The molecule has 29 heavy (non-hydrogen) atoms. The number of nitrogens with two attached hydrogens (primary N) is 1. The van der Waals surface area contributed by atoms with Gasteiger partial charge >= 0.3 is 0 Å². The predicted octanol–water partition coefficient (Wildman–Crippen LogP) is 2.35. The molecule has 3 fully saturated rings. The average molecular weight is 400 g/mol. The first kappa shape index (κ1) is 20.2. The van der Waals surface area contributed by atoms with E-state index in [0.717, 1.165) is 19.3 Å². The van der Waals surface area contributed by atoms with Gasteiger partial charge in [0, 0.05) is 26.2 Å². The molecule has 1 aliphatic heterocycles. The Kier molecular flexibility index (Phi) is 5.32. The maximum Gasteiger partial charge on any atom is 0.263 e. The van der Waals surface area contributed by atoms with Crippen molar-refractivity contribution in [3.05, 3.63) is 29.8 Å². The Morgan fingerprint density at radius 1 is 1.07 bits per heavy atom. The molecular formula is C23H33N3O3. The van der Waals surface area contributed by atoms with Crippen LogP contribution in [0.3, 0.4) is 0 Å². The van der Waals surface area contributed by atoms with E-state index in [0.29, 0.717) is 37.3 Å². The van der Waals surface area contributed by atoms with Gasteiger partial charge in [-0.2, -0.15) is 0 Å². The molecule has 1 heterocycles. The maximum absolute atomic E-state index is 12.9. The summed E-state index contributed by atoms with van der Waals surface area (Å²) < 4.78 is 5.83. The van der Waals surface area contributed by atoms with Crippen LogP contribution in [0.5, 0.6) is 5.75 Å². The summed E-state index contributed by atoms with van der Waals surface area (Å²) in [6, 6.07) is 7.86. The zero-order valence-electron chi connectivity index (χ0n) is 17.7. The van der Waals surface area contributed by atoms with Gasteiger partial charge in [0.1, 0.15) is 5.75 Å². The standard InChI is InChI=1S/C23H33N3O3/c1-3-18-5-7-19(8-6-18)29-17(2)20(27)25-11-13-26(14-12-25)21(28)23(24)15-22(16-23)9-4-10-22/h5-8,17H,3-4,9-16,24H2,1-2H3. The SMILES string of the molecule is CCc1ccc(OC(C)C(=O)N2CCN(C(=O)C3(N)CC4(CCC4)C3)CC2)cc1. The van der Waals surface area contributed by atoms with Crippen molar-refractivity contribution in [2.24, 2.45) is 11.1 Å². The van der Waals surface area contributed by atoms with E-state index in [9.17, 15) is 9.59 Å². The summed E-state index contributed by atoms with van der Waals surface area (Å²) in [6.07, 6.45) is 5.81. The van der Waals surface area contributed by atoms with Crippen LogP contribution in [-0.2, 0) is 16.0 Å². The van der Waals surface area contributed by atoms with Crippen molar-refractivity contribution in [1.29, 1.82) is 0 Å². The first-order chi connectivity index (χ1) is 13.8. The van der Waals surface area contributed by atoms with E-state index >= 15 is 0 Å². The van der Waals surface area contributed by atoms with Crippen molar-refractivity contribution in [2.45, 2.75) is 64.0 Å². The minimum absolute atomic E-state index is 0.0313. The molecule has 4 rings (SSSR count). The number of amides is 2. The van der Waals surface area contributed by atoms with E-state index in [1.165, 1.54) is 24.8 Å². The molecular weight excluding hydrogens is 366 g/mol. The summed E-state index contributed by atoms with van der Waals surface area (Å²) in [5.74, 6) is 0.746. The van der Waals surface area contributed by atoms with Gasteiger partial charge in [0.2, 0.25) is 5.91 Å². The number of carbonyl (C=O) groups is 2. The lowest BCUT2D eigenvalue weighted by Crippen LogP contribution is -2.69. The van der Waals surface area contributed by atoms with Gasteiger partial charge in [-0.05, 0) is 62.1 Å². The molecule has 1 spiro atoms. The third-order valence-corrected chi connectivity index (χ3v) is 7.09. The Hall–Kier alpha value is -2.08. The van der Waals surface area contributed by atoms with Crippen LogP contribution in [0.25, 0.3) is 0 Å². The number of nitrogens with zero attached hydrogens (tertiary/aromatic N) is 2. The lowest BCUT2D eigenvalue weighted by Gasteiger charge is -2.59. The number of hydrogen-bond acceptors (Lipinski definition) is 4. The third-order valence-electron chi connectivity index (χ3n) is 7.09. The Morgan fingerprint density at radius 2 is 1.66 bits per heavy atom. The molecule has 1 unspecified atom stereocenters. The number of rotatable bonds is 5. The highest BCUT2D eigenvalue weighted by atomic mass is 16.5. The van der Waals surface area contributed by atoms with Crippen molar-refractivity contribution >= 4 is 11.8 Å². The average Bonchev–Trinajstić information content (AvgIpc) is 2.69. The van der Waals surface area contributed by atoms with Gasteiger partial charge in [-0.3, -0.25) is 9.59 Å². The normalized spacial score (nSPS) is 23.1. The number of ether oxygens (including phenoxy) is 1. The van der Waals surface area contributed by atoms with Crippen molar-refractivity contribution in [3.63, 3.8) is 0 Å². The fourth-order valence-electron chi connectivity index (χ4n) is 5.23. The van der Waals surface area contributed by atoms with E-state index in [4.69, 9.17) is 10.5 Å². The van der Waals surface area contributed by atoms with Crippen molar-refractivity contribution in [2.75, 3.05) is 26.2 Å². The molecule has 6 heteroatoms. The van der Waals surface area contributed by atoms with Crippen LogP contribution >= 0.6 is 0 Å². The molecule has 3 aliphatic rings. The molecule has 6 nitrogen and oxygen atoms in total. The molecule has 2 saturated carbocycles. The number of hydrogen-bond donors (Lipinski definition) is 1. The van der Waals surface area contributed by atoms with Gasteiger partial charge in [-0.1, -0.05) is 25.5 Å². The molecule has 1 saturated heterocycles. The van der Waals surface area contributed by atoms with Gasteiger partial charge in [-0.25, -0.2) is 0 Å². The molecule has 158 valence electrons. The van der Waals surface area contributed by atoms with Crippen LogP contribution in [0.4, 0.5) is 0 Å². The van der Waals surface area contributed by atoms with Crippen molar-refractivity contribution in [1.82, 2.24) is 9.80 Å². The van der Waals surface area contributed by atoms with Crippen LogP contribution in [0.15, 0.2) is 24.3 Å². The second-order valence-corrected chi connectivity index (χ2v) is 9.24. The molecule has 0 radical (unpaired) electrons. The van der Waals surface area contributed by atoms with E-state index < -0.39 is 11.6 Å². The second-order valence-electron chi connectivity index (χ2n) is 9.24. The zero-order chi connectivity index (χ0) is 20.6. The van der Waals surface area contributed by atoms with Gasteiger partial charge in [0.25, 0.3) is 5.91 Å². The molecule has 0 bridgehead atoms. The van der Waals surface area contributed by atoms with E-state index in [1.807, 2.05) is 29.2 Å². The highest BCUT2D eigenvalue weighted by Gasteiger charge is 2.59. The summed E-state index contributed by atoms with van der Waals surface area (Å²) in [4.78, 5) is 29.3. The van der Waals surface area contributed by atoms with E-state index in [1.54, 1.807) is 11.8 Å². The molecule has 1 aromatic carbocycles. The minimum atomic E-state index is -0.673. The largest absolute Gasteiger partial charge is 0.481 e. The topological polar surface area (TPSA) is 75.9 Å². The molecule has 1 atom stereocenters. The highest BCUT2D eigenvalue weighted by molar-refractivity contribution is 5.88. The summed E-state index contributed by atoms with van der Waals surface area (Å²) in [5.41, 5.74) is 7.35. The van der Waals surface area contributed by atoms with Gasteiger partial charge < -0.3 is 20.3 Å². The first-order valence-electron chi connectivity index (χ1n) is 11.0. The van der Waals surface area contributed by atoms with Crippen LogP contribution in [0.1, 0.15) is 51.5 Å². The molecule has 2 aliphatic carbocycles. The lowest BCUT2D eigenvalue weighted by atomic mass is 9.48. The lowest BCUT2D eigenvalue weighted by molar-refractivity contribution is -0.156. The Balaban J connectivity index is 1.26. The third kappa shape index (κ3) is 3.87. The van der Waals surface area contributed by atoms with Crippen LogP contribution in [0, 0.1) is 5.41 Å². The predicted molar refractivity (Wildman–Crippen MR) is 112 cm³/mol. The van der Waals surface area contributed by atoms with E-state index in [2.05, 4.69) is 6.92 Å². The highest BCUT2D eigenvalue weighted by Crippen LogP contribution is 2.59. The number of aryl methyl sites for hydroxylation is 1. The van der Waals surface area contributed by atoms with Crippen LogP contribution < -0.4 is 10.5 Å². The number of benzene rings is 1. The van der Waals surface area contributed by atoms with Gasteiger partial charge in [0.15, 0.2) is 6.10 Å². The molecule has 2 amide bonds. The Bertz CT molecular complexity index is 756. The smallest absolute Gasteiger partial charge is 0.263 e. The summed E-state index contributed by atoms with van der Waals surface area (Å²) in [6.45, 7) is 6.07. The van der Waals surface area contributed by atoms with Crippen molar-refractivity contribution < 1.29 is 14.3 Å². The summed E-state index contributed by atoms with van der Waals surface area (Å²) in [5, 5.41) is 0. The quantitative estimate of drug-likeness (QED) is 0.825. The maximum atomic E-state index is 12.9. The summed E-state index contributed by atoms with van der Waals surface area (Å²) in [7, 11) is 0. The Morgan fingerprint density at radius 3 is 2.17 bits per heavy atom. The zero-order valence-corrected chi connectivity index (χ0v) is 17.7. The number of carbonyl (C=O) groups excluding carboxylic acids is 2. The monoisotopic (exact) mass is 399 g/mol. The van der Waals surface area contributed by atoms with Crippen LogP contribution in [-0.4, -0.2) is 59.4 Å². The van der Waals surface area contributed by atoms with Crippen LogP contribution in [0.2, 0.25) is 0 Å².